The van der Waals surface area contributed by atoms with Crippen LogP contribution in [0, 0.1) is 35.5 Å². The Balaban J connectivity index is 1.29. The first-order valence-electron chi connectivity index (χ1n) is 23.9. The van der Waals surface area contributed by atoms with E-state index in [0.717, 1.165) is 17.5 Å². The Hall–Kier alpha value is -5.51. The minimum Gasteiger partial charge on any atom is -0.507 e. The van der Waals surface area contributed by atoms with Gasteiger partial charge in [-0.15, -0.1) is 0 Å². The van der Waals surface area contributed by atoms with Gasteiger partial charge in [-0.1, -0.05) is 79.8 Å². The van der Waals surface area contributed by atoms with Crippen LogP contribution in [0.3, 0.4) is 0 Å². The second kappa shape index (κ2) is 19.0. The third-order valence-electron chi connectivity index (χ3n) is 15.2. The van der Waals surface area contributed by atoms with Crippen LogP contribution in [-0.2, 0) is 45.0 Å². The molecule has 6 N–H and O–H groups in total. The number of anilines is 1. The number of esters is 2. The zero-order chi connectivity index (χ0) is 46.3. The Labute approximate surface area is 386 Å². The molecule has 3 aromatic rings. The molecule has 10 bridgehead atoms. The first-order chi connectivity index (χ1) is 31.8. The molecule has 0 radical (unpaired) electrons. The number of phenols is 1. The molecule has 2 saturated carbocycles. The SMILES string of the molecule is CCC1CCC2C3Cc4cccc(c4)CC(O)C=C4CC(c5cc(CO)cc(NCC(C)O)c5)C#CC5CC(=O)Oc6c5cc(c(O)c6C5C=CC=CC5)CC(OC4=O)C1(O)C2CCC3=O. The van der Waals surface area contributed by atoms with Crippen molar-refractivity contribution < 1.29 is 49.4 Å². The molecular weight excluding hydrogens is 835 g/mol. The number of fused-ring (bicyclic) bond motifs is 7. The molecule has 0 amide bonds. The number of carbonyl (C=O) groups is 3. The predicted molar refractivity (Wildman–Crippen MR) is 249 cm³/mol. The summed E-state index contributed by atoms with van der Waals surface area (Å²) < 4.78 is 12.9. The molecule has 2 fully saturated rings. The van der Waals surface area contributed by atoms with E-state index in [1.165, 1.54) is 6.08 Å². The molecule has 11 nitrogen and oxygen atoms in total. The molecule has 0 aromatic heterocycles. The number of aliphatic hydroxyl groups is 4. The third-order valence-corrected chi connectivity index (χ3v) is 15.2. The van der Waals surface area contributed by atoms with Crippen molar-refractivity contribution in [1.82, 2.24) is 0 Å². The molecule has 0 saturated heterocycles. The molecule has 11 unspecified atom stereocenters. The Bertz CT molecular complexity index is 2540. The number of rotatable bonds is 7. The molecule has 11 atom stereocenters. The van der Waals surface area contributed by atoms with E-state index in [1.54, 1.807) is 19.1 Å². The number of Topliss-reactive ketones (excluding diaryl/α,β-unsaturated/α-hetero) is 1. The topological polar surface area (TPSA) is 183 Å². The van der Waals surface area contributed by atoms with Gasteiger partial charge in [0, 0.05) is 65.9 Å². The molecule has 3 aliphatic heterocycles. The molecule has 11 heteroatoms. The largest absolute Gasteiger partial charge is 0.507 e. The van der Waals surface area contributed by atoms with Crippen LogP contribution < -0.4 is 10.1 Å². The van der Waals surface area contributed by atoms with Crippen molar-refractivity contribution in [3.8, 4) is 23.3 Å². The van der Waals surface area contributed by atoms with Gasteiger partial charge in [-0.2, -0.15) is 0 Å². The Morgan fingerprint density at radius 3 is 2.50 bits per heavy atom. The lowest BCUT2D eigenvalue weighted by molar-refractivity contribution is -0.212. The van der Waals surface area contributed by atoms with Crippen molar-refractivity contribution in [3.05, 3.63) is 123 Å². The van der Waals surface area contributed by atoms with Crippen molar-refractivity contribution in [2.24, 2.45) is 23.7 Å². The van der Waals surface area contributed by atoms with Crippen molar-refractivity contribution in [1.29, 1.82) is 0 Å². The van der Waals surface area contributed by atoms with Crippen molar-refractivity contribution >= 4 is 23.4 Å². The maximum atomic E-state index is 15.3. The fourth-order valence-electron chi connectivity index (χ4n) is 12.0. The minimum atomic E-state index is -1.63. The smallest absolute Gasteiger partial charge is 0.334 e. The molecule has 9 rings (SSSR count). The highest BCUT2D eigenvalue weighted by Crippen LogP contribution is 2.55. The van der Waals surface area contributed by atoms with Crippen LogP contribution in [0.2, 0.25) is 0 Å². The lowest BCUT2D eigenvalue weighted by atomic mass is 9.53. The maximum absolute atomic E-state index is 15.3. The summed E-state index contributed by atoms with van der Waals surface area (Å²) >= 11 is 0. The minimum absolute atomic E-state index is 0.0457. The van der Waals surface area contributed by atoms with E-state index in [1.807, 2.05) is 67.6 Å². The van der Waals surface area contributed by atoms with Gasteiger partial charge in [0.1, 0.15) is 29.0 Å². The molecular formula is C55H61NO10. The highest BCUT2D eigenvalue weighted by Gasteiger charge is 2.59. The number of carbonyl (C=O) groups excluding carboxylic acids is 3. The Morgan fingerprint density at radius 2 is 1.74 bits per heavy atom. The number of hydrogen-bond donors (Lipinski definition) is 6. The maximum Gasteiger partial charge on any atom is 0.334 e. The number of allylic oxidation sites excluding steroid dienone is 4. The van der Waals surface area contributed by atoms with Crippen LogP contribution in [0.4, 0.5) is 5.69 Å². The number of hydrogen-bond acceptors (Lipinski definition) is 11. The van der Waals surface area contributed by atoms with E-state index in [-0.39, 0.29) is 91.8 Å². The van der Waals surface area contributed by atoms with E-state index < -0.39 is 53.6 Å². The zero-order valence-electron chi connectivity index (χ0n) is 37.7. The van der Waals surface area contributed by atoms with E-state index in [2.05, 4.69) is 17.2 Å². The summed E-state index contributed by atoms with van der Waals surface area (Å²) in [6.07, 6.45) is 9.86. The molecule has 6 aliphatic rings. The van der Waals surface area contributed by atoms with Crippen molar-refractivity contribution in [3.63, 3.8) is 0 Å². The number of benzene rings is 3. The molecule has 0 spiro atoms. The lowest BCUT2D eigenvalue weighted by Crippen LogP contribution is -2.63. The van der Waals surface area contributed by atoms with Crippen LogP contribution in [0.25, 0.3) is 0 Å². The first kappa shape index (κ1) is 45.6. The van der Waals surface area contributed by atoms with Crippen molar-refractivity contribution in [2.45, 2.75) is 133 Å². The van der Waals surface area contributed by atoms with Gasteiger partial charge in [-0.05, 0) is 115 Å². The number of ketones is 1. The molecule has 3 aliphatic carbocycles. The van der Waals surface area contributed by atoms with Gasteiger partial charge in [0.25, 0.3) is 0 Å². The summed E-state index contributed by atoms with van der Waals surface area (Å²) in [6.45, 7) is 3.63. The van der Waals surface area contributed by atoms with Gasteiger partial charge in [0.05, 0.1) is 31.2 Å². The van der Waals surface area contributed by atoms with E-state index >= 15 is 4.79 Å². The van der Waals surface area contributed by atoms with Gasteiger partial charge in [0.15, 0.2) is 0 Å². The average Bonchev–Trinajstić information content (AvgIpc) is 3.30. The normalized spacial score (nSPS) is 31.0. The van der Waals surface area contributed by atoms with Crippen molar-refractivity contribution in [2.75, 3.05) is 11.9 Å². The molecule has 3 heterocycles. The highest BCUT2D eigenvalue weighted by atomic mass is 16.6. The summed E-state index contributed by atoms with van der Waals surface area (Å²) in [4.78, 5) is 43.0. The summed E-state index contributed by atoms with van der Waals surface area (Å²) in [5, 5.41) is 62.1. The zero-order valence-corrected chi connectivity index (χ0v) is 37.7. The van der Waals surface area contributed by atoms with Crippen LogP contribution in [0.1, 0.15) is 122 Å². The summed E-state index contributed by atoms with van der Waals surface area (Å²) in [7, 11) is 0. The second-order valence-electron chi connectivity index (χ2n) is 19.5. The quantitative estimate of drug-likeness (QED) is 0.0804. The van der Waals surface area contributed by atoms with Crippen LogP contribution in [0.5, 0.6) is 11.5 Å². The van der Waals surface area contributed by atoms with E-state index in [4.69, 9.17) is 9.47 Å². The van der Waals surface area contributed by atoms with Gasteiger partial charge in [0.2, 0.25) is 0 Å². The predicted octanol–water partition coefficient (Wildman–Crippen LogP) is 7.16. The summed E-state index contributed by atoms with van der Waals surface area (Å²) in [5.41, 5.74) is 3.59. The number of aromatic hydroxyl groups is 1. The van der Waals surface area contributed by atoms with Crippen LogP contribution >= 0.6 is 0 Å². The van der Waals surface area contributed by atoms with Gasteiger partial charge >= 0.3 is 11.9 Å². The summed E-state index contributed by atoms with van der Waals surface area (Å²) in [5.74, 6) is 2.81. The monoisotopic (exact) mass is 895 g/mol. The van der Waals surface area contributed by atoms with Gasteiger partial charge in [-0.25, -0.2) is 4.79 Å². The standard InChI is InChI=1S/C55H61NO10/c1-3-41-14-15-44-46-22-33-9-7-8-32(18-33)21-43(59)25-40-23-36(38-19-34(30-57)20-42(24-38)56-29-31(2)58)12-13-37-28-50(61)66-53-45(37)26-39(52(62)51(53)35-10-5-4-6-11-35)27-49(65-54(40)63)55(41,64)47(44)16-17-48(46)60/h4-10,18-20,24-26,31,35-37,41,43-44,46-47,49,56-59,62,64H,3,11,14-17,21-23,27-30H2,1-2H3. The van der Waals surface area contributed by atoms with Gasteiger partial charge in [-0.3, -0.25) is 9.59 Å². The first-order valence-corrected chi connectivity index (χ1v) is 23.9. The third kappa shape index (κ3) is 9.01. The number of phenolic OH excluding ortho intramolecular Hbond substituents is 1. The Morgan fingerprint density at radius 1 is 0.939 bits per heavy atom. The van der Waals surface area contributed by atoms with E-state index in [9.17, 15) is 35.1 Å². The Kier molecular flexibility index (Phi) is 13.1. The van der Waals surface area contributed by atoms with Crippen LogP contribution in [0.15, 0.2) is 84.5 Å². The molecule has 3 aromatic carbocycles. The average molecular weight is 896 g/mol. The highest BCUT2D eigenvalue weighted by molar-refractivity contribution is 5.89. The van der Waals surface area contributed by atoms with E-state index in [0.29, 0.717) is 65.6 Å². The number of aliphatic hydroxyl groups excluding tert-OH is 3. The number of nitrogens with one attached hydrogen (secondary N) is 1. The molecule has 66 heavy (non-hydrogen) atoms. The fraction of sp³-hybridized carbons (Fsp3) is 0.473. The fourth-order valence-corrected chi connectivity index (χ4v) is 12.0. The lowest BCUT2D eigenvalue weighted by Gasteiger charge is -2.56. The van der Waals surface area contributed by atoms with Gasteiger partial charge < -0.3 is 40.3 Å². The molecule has 346 valence electrons. The summed E-state index contributed by atoms with van der Waals surface area (Å²) in [6, 6.07) is 15.1. The second-order valence-corrected chi connectivity index (χ2v) is 19.5. The van der Waals surface area contributed by atoms with Crippen LogP contribution in [-0.4, -0.2) is 73.7 Å². The number of ether oxygens (including phenoxy) is 2.